The standard InChI is InChI=1S/C37H45N4O7P/c38-32(42)23-31-35(44)39-24-25(21-28-16-10-15-26-12-5-6-18-30(26)28)11-9-17-29(34(49(46,47)48)27-13-3-1-4-14-27)22-33(43)41-37(36(45)40-31)19-7-2-8-20-37/h1,3-6,10,12-18,25,31,34H,2,7-9,11,19-24H2,(H2,38,42)(H,39,44)(H,40,45)(H,41,43)(H2,46,47,48)/t25-,31-,34?/m0/s1. The highest BCUT2D eigenvalue weighted by Crippen LogP contribution is 2.56. The van der Waals surface area contributed by atoms with Gasteiger partial charge in [0.15, 0.2) is 0 Å². The third kappa shape index (κ3) is 9.23. The molecule has 11 nitrogen and oxygen atoms in total. The Bertz CT molecular complexity index is 1740. The van der Waals surface area contributed by atoms with Gasteiger partial charge in [-0.25, -0.2) is 0 Å². The van der Waals surface area contributed by atoms with Crippen LogP contribution < -0.4 is 21.7 Å². The number of fused-ring (bicyclic) bond motifs is 1. The van der Waals surface area contributed by atoms with Crippen molar-refractivity contribution in [2.45, 2.75) is 81.4 Å². The number of carbonyl (C=O) groups is 4. The first-order valence-electron chi connectivity index (χ1n) is 16.9. The summed E-state index contributed by atoms with van der Waals surface area (Å²) >= 11 is 0. The van der Waals surface area contributed by atoms with Gasteiger partial charge >= 0.3 is 7.60 Å². The minimum Gasteiger partial charge on any atom is -0.370 e. The molecule has 7 N–H and O–H groups in total. The van der Waals surface area contributed by atoms with Crippen LogP contribution in [0.1, 0.15) is 74.6 Å². The van der Waals surface area contributed by atoms with Gasteiger partial charge in [-0.1, -0.05) is 98.1 Å². The van der Waals surface area contributed by atoms with E-state index in [2.05, 4.69) is 16.0 Å². The van der Waals surface area contributed by atoms with Crippen molar-refractivity contribution in [3.63, 3.8) is 0 Å². The number of amides is 4. The van der Waals surface area contributed by atoms with Crippen LogP contribution in [0.2, 0.25) is 0 Å². The maximum absolute atomic E-state index is 13.9. The van der Waals surface area contributed by atoms with Crippen molar-refractivity contribution in [1.82, 2.24) is 16.0 Å². The molecule has 0 radical (unpaired) electrons. The third-order valence-electron chi connectivity index (χ3n) is 9.65. The molecule has 12 heteroatoms. The van der Waals surface area contributed by atoms with E-state index in [1.54, 1.807) is 36.4 Å². The van der Waals surface area contributed by atoms with Crippen molar-refractivity contribution in [3.05, 3.63) is 95.6 Å². The van der Waals surface area contributed by atoms with Crippen LogP contribution in [0.4, 0.5) is 0 Å². The first-order valence-corrected chi connectivity index (χ1v) is 18.6. The molecule has 0 saturated heterocycles. The fourth-order valence-electron chi connectivity index (χ4n) is 7.24. The van der Waals surface area contributed by atoms with Gasteiger partial charge in [-0.05, 0) is 65.5 Å². The van der Waals surface area contributed by atoms with E-state index in [4.69, 9.17) is 5.73 Å². The SMILES string of the molecule is NC(=O)C[C@@H]1NC(=O)C2(CCCCC2)NC(=O)CC(C(c2ccccc2)P(=O)(O)O)=CCC[C@@H](Cc2cccc3ccccc23)CNC1=O. The highest BCUT2D eigenvalue weighted by Gasteiger charge is 2.43. The molecular weight excluding hydrogens is 643 g/mol. The Kier molecular flexibility index (Phi) is 11.7. The summed E-state index contributed by atoms with van der Waals surface area (Å²) in [5.41, 5.74) is 4.49. The molecule has 4 amide bonds. The molecule has 49 heavy (non-hydrogen) atoms. The number of hydrogen-bond acceptors (Lipinski definition) is 5. The molecule has 1 aliphatic heterocycles. The summed E-state index contributed by atoms with van der Waals surface area (Å²) in [6.45, 7) is 0.208. The molecule has 3 aromatic carbocycles. The second-order valence-electron chi connectivity index (χ2n) is 13.3. The van der Waals surface area contributed by atoms with Gasteiger partial charge in [-0.2, -0.15) is 0 Å². The Morgan fingerprint density at radius 3 is 2.35 bits per heavy atom. The van der Waals surface area contributed by atoms with E-state index < -0.39 is 54.9 Å². The van der Waals surface area contributed by atoms with E-state index >= 15 is 0 Å². The summed E-state index contributed by atoms with van der Waals surface area (Å²) in [7, 11) is -4.80. The van der Waals surface area contributed by atoms with E-state index in [9.17, 15) is 33.5 Å². The van der Waals surface area contributed by atoms with E-state index in [1.165, 1.54) is 0 Å². The number of allylic oxidation sites excluding steroid dienone is 1. The largest absolute Gasteiger partial charge is 0.370 e. The van der Waals surface area contributed by atoms with Crippen LogP contribution in [0.25, 0.3) is 10.8 Å². The zero-order chi connectivity index (χ0) is 35.0. The van der Waals surface area contributed by atoms with Gasteiger partial charge in [0, 0.05) is 13.0 Å². The summed E-state index contributed by atoms with van der Waals surface area (Å²) < 4.78 is 13.1. The Labute approximate surface area is 286 Å². The fourth-order valence-corrected chi connectivity index (χ4v) is 8.43. The lowest BCUT2D eigenvalue weighted by Gasteiger charge is -2.38. The molecule has 3 atom stereocenters. The number of nitrogens with two attached hydrogens (primary N) is 1. The second-order valence-corrected chi connectivity index (χ2v) is 15.0. The lowest BCUT2D eigenvalue weighted by Crippen LogP contribution is -2.63. The molecule has 0 aromatic heterocycles. The molecular formula is C37H45N4O7P. The first kappa shape index (κ1) is 36.0. The second kappa shape index (κ2) is 15.9. The quantitative estimate of drug-likeness (QED) is 0.157. The van der Waals surface area contributed by atoms with E-state index in [-0.39, 0.29) is 24.5 Å². The third-order valence-corrected chi connectivity index (χ3v) is 11.0. The number of benzene rings is 3. The molecule has 1 aliphatic carbocycles. The topological polar surface area (TPSA) is 188 Å². The highest BCUT2D eigenvalue weighted by atomic mass is 31.2. The van der Waals surface area contributed by atoms with E-state index in [0.717, 1.165) is 22.8 Å². The molecule has 1 spiro atoms. The molecule has 1 fully saturated rings. The molecule has 2 aliphatic rings. The minimum atomic E-state index is -4.80. The van der Waals surface area contributed by atoms with Crippen molar-refractivity contribution in [1.29, 1.82) is 0 Å². The van der Waals surface area contributed by atoms with Gasteiger partial charge < -0.3 is 31.5 Å². The smallest absolute Gasteiger partial charge is 0.337 e. The Morgan fingerprint density at radius 2 is 1.63 bits per heavy atom. The normalized spacial score (nSPS) is 21.8. The molecule has 3 aromatic rings. The summed E-state index contributed by atoms with van der Waals surface area (Å²) in [6, 6.07) is 21.2. The zero-order valence-corrected chi connectivity index (χ0v) is 28.4. The van der Waals surface area contributed by atoms with Gasteiger partial charge in [-0.15, -0.1) is 0 Å². The number of carbonyl (C=O) groups excluding carboxylic acids is 4. The van der Waals surface area contributed by atoms with Crippen LogP contribution in [0.15, 0.2) is 84.4 Å². The molecule has 1 unspecified atom stereocenters. The predicted molar refractivity (Wildman–Crippen MR) is 187 cm³/mol. The maximum Gasteiger partial charge on any atom is 0.337 e. The number of primary amides is 1. The van der Waals surface area contributed by atoms with E-state index in [1.807, 2.05) is 42.5 Å². The molecule has 260 valence electrons. The van der Waals surface area contributed by atoms with E-state index in [0.29, 0.717) is 50.5 Å². The van der Waals surface area contributed by atoms with Gasteiger partial charge in [0.05, 0.1) is 6.42 Å². The van der Waals surface area contributed by atoms with Gasteiger partial charge in [0.25, 0.3) is 0 Å². The summed E-state index contributed by atoms with van der Waals surface area (Å²) in [5, 5.41) is 10.7. The van der Waals surface area contributed by atoms with Gasteiger partial charge in [0.2, 0.25) is 23.6 Å². The summed E-state index contributed by atoms with van der Waals surface area (Å²) in [4.78, 5) is 74.6. The highest BCUT2D eigenvalue weighted by molar-refractivity contribution is 7.52. The minimum absolute atomic E-state index is 0.147. The lowest BCUT2D eigenvalue weighted by molar-refractivity contribution is -0.138. The number of rotatable bonds is 7. The molecule has 5 rings (SSSR count). The summed E-state index contributed by atoms with van der Waals surface area (Å²) in [6.07, 6.45) is 5.19. The predicted octanol–water partition coefficient (Wildman–Crippen LogP) is 4.32. The average molecular weight is 689 g/mol. The Hall–Kier alpha value is -4.31. The number of hydrogen-bond donors (Lipinski definition) is 6. The lowest BCUT2D eigenvalue weighted by atomic mass is 9.80. The molecule has 1 saturated carbocycles. The molecule has 0 bridgehead atoms. The Morgan fingerprint density at radius 1 is 0.939 bits per heavy atom. The van der Waals surface area contributed by atoms with Crippen LogP contribution in [-0.2, 0) is 30.2 Å². The van der Waals surface area contributed by atoms with Gasteiger partial charge in [-0.3, -0.25) is 23.7 Å². The van der Waals surface area contributed by atoms with Crippen LogP contribution in [0, 0.1) is 5.92 Å². The number of nitrogens with one attached hydrogen (secondary N) is 3. The van der Waals surface area contributed by atoms with Gasteiger partial charge in [0.1, 0.15) is 17.2 Å². The van der Waals surface area contributed by atoms with Crippen molar-refractivity contribution in [2.24, 2.45) is 11.7 Å². The van der Waals surface area contributed by atoms with Crippen molar-refractivity contribution >= 4 is 42.0 Å². The van der Waals surface area contributed by atoms with Crippen molar-refractivity contribution in [3.8, 4) is 0 Å². The van der Waals surface area contributed by atoms with Crippen LogP contribution >= 0.6 is 7.60 Å². The monoisotopic (exact) mass is 688 g/mol. The Balaban J connectivity index is 1.54. The van der Waals surface area contributed by atoms with Crippen molar-refractivity contribution < 1.29 is 33.5 Å². The average Bonchev–Trinajstić information content (AvgIpc) is 3.06. The van der Waals surface area contributed by atoms with Crippen molar-refractivity contribution in [2.75, 3.05) is 6.54 Å². The fraction of sp³-hybridized carbons (Fsp3) is 0.405. The van der Waals surface area contributed by atoms with Crippen LogP contribution in [0.5, 0.6) is 0 Å². The first-order chi connectivity index (χ1) is 23.4. The zero-order valence-electron chi connectivity index (χ0n) is 27.5. The van der Waals surface area contributed by atoms with Crippen LogP contribution in [-0.4, -0.2) is 51.5 Å². The summed E-state index contributed by atoms with van der Waals surface area (Å²) in [5.74, 6) is -2.61. The molecule has 1 heterocycles. The van der Waals surface area contributed by atoms with Crippen LogP contribution in [0.3, 0.4) is 0 Å². The maximum atomic E-state index is 13.9.